The lowest BCUT2D eigenvalue weighted by Crippen LogP contribution is -2.12. The molecule has 0 saturated carbocycles. The molecule has 0 aliphatic carbocycles. The molecule has 1 aromatic heterocycles. The summed E-state index contributed by atoms with van der Waals surface area (Å²) in [6.45, 7) is 0.763. The lowest BCUT2D eigenvalue weighted by Gasteiger charge is -2.07. The van der Waals surface area contributed by atoms with Gasteiger partial charge in [-0.25, -0.2) is 13.6 Å². The molecule has 0 saturated heterocycles. The van der Waals surface area contributed by atoms with Crippen molar-refractivity contribution in [2.45, 2.75) is 11.3 Å². The molecular formula is C13H15N3O2S. The molecular weight excluding hydrogens is 262 g/mol. The summed E-state index contributed by atoms with van der Waals surface area (Å²) in [6, 6.07) is 10.3. The third-order valence-corrected chi connectivity index (χ3v) is 3.60. The fraction of sp³-hybridized carbons (Fsp3) is 0.154. The Bertz CT molecular complexity index is 625. The third kappa shape index (κ3) is 4.04. The first-order valence-electron chi connectivity index (χ1n) is 5.81. The molecule has 3 N–H and O–H groups in total. The van der Waals surface area contributed by atoms with Gasteiger partial charge in [-0.15, -0.1) is 0 Å². The van der Waals surface area contributed by atoms with Crippen molar-refractivity contribution in [1.82, 2.24) is 4.98 Å². The van der Waals surface area contributed by atoms with Crippen LogP contribution in [0, 0.1) is 0 Å². The molecule has 0 aliphatic rings. The van der Waals surface area contributed by atoms with Gasteiger partial charge in [0.2, 0.25) is 10.0 Å². The molecule has 5 nitrogen and oxygen atoms in total. The number of hydrogen-bond donors (Lipinski definition) is 2. The number of anilines is 1. The van der Waals surface area contributed by atoms with Crippen molar-refractivity contribution >= 4 is 15.7 Å². The van der Waals surface area contributed by atoms with Gasteiger partial charge in [-0.2, -0.15) is 0 Å². The van der Waals surface area contributed by atoms with Crippen LogP contribution in [-0.2, 0) is 16.4 Å². The number of rotatable bonds is 5. The predicted octanol–water partition coefficient (Wildman–Crippen LogP) is 1.38. The predicted molar refractivity (Wildman–Crippen MR) is 74.2 cm³/mol. The number of sulfonamides is 1. The van der Waals surface area contributed by atoms with Crippen molar-refractivity contribution in [2.75, 3.05) is 11.9 Å². The third-order valence-electron chi connectivity index (χ3n) is 2.68. The smallest absolute Gasteiger partial charge is 0.238 e. The summed E-state index contributed by atoms with van der Waals surface area (Å²) in [6.07, 6.45) is 4.39. The van der Waals surface area contributed by atoms with Gasteiger partial charge in [0.1, 0.15) is 0 Å². The highest BCUT2D eigenvalue weighted by Crippen LogP contribution is 2.12. The van der Waals surface area contributed by atoms with Gasteiger partial charge in [0, 0.05) is 24.6 Å². The monoisotopic (exact) mass is 277 g/mol. The summed E-state index contributed by atoms with van der Waals surface area (Å²) in [4.78, 5) is 4.07. The maximum atomic E-state index is 11.1. The highest BCUT2D eigenvalue weighted by atomic mass is 32.2. The summed E-state index contributed by atoms with van der Waals surface area (Å²) in [5, 5.41) is 8.24. The number of primary sulfonamides is 1. The normalized spacial score (nSPS) is 11.2. The summed E-state index contributed by atoms with van der Waals surface area (Å²) < 4.78 is 22.2. The molecule has 1 heterocycles. The van der Waals surface area contributed by atoms with E-state index in [1.165, 1.54) is 17.7 Å². The van der Waals surface area contributed by atoms with E-state index in [0.717, 1.165) is 18.7 Å². The number of pyridine rings is 1. The SMILES string of the molecule is NS(=O)(=O)c1ccc(NCCc2ccncc2)cc1. The van der Waals surface area contributed by atoms with Crippen LogP contribution in [0.3, 0.4) is 0 Å². The van der Waals surface area contributed by atoms with E-state index in [2.05, 4.69) is 10.3 Å². The maximum absolute atomic E-state index is 11.1. The van der Waals surface area contributed by atoms with Crippen LogP contribution in [0.4, 0.5) is 5.69 Å². The topological polar surface area (TPSA) is 85.1 Å². The first kappa shape index (κ1) is 13.5. The summed E-state index contributed by atoms with van der Waals surface area (Å²) in [5.41, 5.74) is 2.06. The van der Waals surface area contributed by atoms with Crippen molar-refractivity contribution in [3.63, 3.8) is 0 Å². The van der Waals surface area contributed by atoms with Crippen LogP contribution in [0.5, 0.6) is 0 Å². The number of nitrogens with one attached hydrogen (secondary N) is 1. The zero-order chi connectivity index (χ0) is 13.7. The molecule has 0 radical (unpaired) electrons. The number of benzene rings is 1. The molecule has 0 bridgehead atoms. The van der Waals surface area contributed by atoms with Gasteiger partial charge < -0.3 is 5.32 Å². The summed E-state index contributed by atoms with van der Waals surface area (Å²) in [5.74, 6) is 0. The van der Waals surface area contributed by atoms with Gasteiger partial charge in [0.15, 0.2) is 0 Å². The minimum atomic E-state index is -3.62. The van der Waals surface area contributed by atoms with Crippen molar-refractivity contribution in [3.05, 3.63) is 54.4 Å². The fourth-order valence-electron chi connectivity index (χ4n) is 1.66. The average Bonchev–Trinajstić information content (AvgIpc) is 2.39. The van der Waals surface area contributed by atoms with E-state index < -0.39 is 10.0 Å². The quantitative estimate of drug-likeness (QED) is 0.864. The van der Waals surface area contributed by atoms with Gasteiger partial charge in [0.25, 0.3) is 0 Å². The van der Waals surface area contributed by atoms with Crippen molar-refractivity contribution < 1.29 is 8.42 Å². The second kappa shape index (κ2) is 5.81. The zero-order valence-electron chi connectivity index (χ0n) is 10.3. The Hall–Kier alpha value is -1.92. The highest BCUT2D eigenvalue weighted by Gasteiger charge is 2.06. The molecule has 100 valence electrons. The van der Waals surface area contributed by atoms with E-state index in [1.807, 2.05) is 12.1 Å². The Balaban J connectivity index is 1.90. The van der Waals surface area contributed by atoms with Gasteiger partial charge in [0.05, 0.1) is 4.90 Å². The standard InChI is InChI=1S/C13H15N3O2S/c14-19(17,18)13-3-1-12(2-4-13)16-10-7-11-5-8-15-9-6-11/h1-6,8-9,16H,7,10H2,(H2,14,17,18). The lowest BCUT2D eigenvalue weighted by atomic mass is 10.2. The zero-order valence-corrected chi connectivity index (χ0v) is 11.1. The van der Waals surface area contributed by atoms with E-state index in [-0.39, 0.29) is 4.90 Å². The molecule has 19 heavy (non-hydrogen) atoms. The minimum absolute atomic E-state index is 0.118. The largest absolute Gasteiger partial charge is 0.385 e. The van der Waals surface area contributed by atoms with Crippen molar-refractivity contribution in [1.29, 1.82) is 0 Å². The van der Waals surface area contributed by atoms with Crippen LogP contribution in [0.2, 0.25) is 0 Å². The van der Waals surface area contributed by atoms with Gasteiger partial charge in [-0.05, 0) is 48.4 Å². The van der Waals surface area contributed by atoms with Gasteiger partial charge >= 0.3 is 0 Å². The van der Waals surface area contributed by atoms with E-state index in [4.69, 9.17) is 5.14 Å². The Morgan fingerprint density at radius 1 is 1.05 bits per heavy atom. The summed E-state index contributed by atoms with van der Waals surface area (Å²) in [7, 11) is -3.62. The molecule has 1 aromatic carbocycles. The van der Waals surface area contributed by atoms with E-state index in [9.17, 15) is 8.42 Å². The molecule has 0 spiro atoms. The summed E-state index contributed by atoms with van der Waals surface area (Å²) >= 11 is 0. The van der Waals surface area contributed by atoms with Crippen LogP contribution >= 0.6 is 0 Å². The fourth-order valence-corrected chi connectivity index (χ4v) is 2.18. The molecule has 2 rings (SSSR count). The van der Waals surface area contributed by atoms with Crippen molar-refractivity contribution in [2.24, 2.45) is 5.14 Å². The molecule has 0 aliphatic heterocycles. The maximum Gasteiger partial charge on any atom is 0.238 e. The second-order valence-corrected chi connectivity index (χ2v) is 5.66. The molecule has 0 amide bonds. The molecule has 6 heteroatoms. The highest BCUT2D eigenvalue weighted by molar-refractivity contribution is 7.89. The Labute approximate surface area is 112 Å². The Kier molecular flexibility index (Phi) is 4.13. The molecule has 0 atom stereocenters. The number of nitrogens with zero attached hydrogens (tertiary/aromatic N) is 1. The van der Waals surface area contributed by atoms with Gasteiger partial charge in [-0.3, -0.25) is 4.98 Å². The second-order valence-electron chi connectivity index (χ2n) is 4.10. The Morgan fingerprint density at radius 2 is 1.68 bits per heavy atom. The van der Waals surface area contributed by atoms with Crippen LogP contribution in [0.25, 0.3) is 0 Å². The first-order chi connectivity index (χ1) is 9.05. The van der Waals surface area contributed by atoms with Gasteiger partial charge in [-0.1, -0.05) is 0 Å². The van der Waals surface area contributed by atoms with Crippen molar-refractivity contribution in [3.8, 4) is 0 Å². The number of nitrogens with two attached hydrogens (primary N) is 1. The van der Waals surface area contributed by atoms with Crippen LogP contribution in [0.15, 0.2) is 53.7 Å². The molecule has 0 fully saturated rings. The molecule has 2 aromatic rings. The van der Waals surface area contributed by atoms with Crippen LogP contribution < -0.4 is 10.5 Å². The Morgan fingerprint density at radius 3 is 2.26 bits per heavy atom. The van der Waals surface area contributed by atoms with Crippen LogP contribution in [-0.4, -0.2) is 19.9 Å². The number of aromatic nitrogens is 1. The van der Waals surface area contributed by atoms with E-state index >= 15 is 0 Å². The molecule has 0 unspecified atom stereocenters. The minimum Gasteiger partial charge on any atom is -0.385 e. The van der Waals surface area contributed by atoms with Crippen LogP contribution in [0.1, 0.15) is 5.56 Å². The lowest BCUT2D eigenvalue weighted by molar-refractivity contribution is 0.598. The average molecular weight is 277 g/mol. The number of hydrogen-bond acceptors (Lipinski definition) is 4. The first-order valence-corrected chi connectivity index (χ1v) is 7.36. The van der Waals surface area contributed by atoms with E-state index in [1.54, 1.807) is 24.5 Å². The van der Waals surface area contributed by atoms with E-state index in [0.29, 0.717) is 0 Å².